The minimum Gasteiger partial charge on any atom is -0.454 e. The van der Waals surface area contributed by atoms with Gasteiger partial charge in [0.15, 0.2) is 11.5 Å². The normalized spacial score (nSPS) is 14.9. The van der Waals surface area contributed by atoms with Crippen LogP contribution in [0.3, 0.4) is 0 Å². The Bertz CT molecular complexity index is 1310. The summed E-state index contributed by atoms with van der Waals surface area (Å²) >= 11 is 6.28. The first-order chi connectivity index (χ1) is 15.9. The standard InChI is InChI=1S/C26H21ClN2O4/c1-15-6-9-18(10-7-15)23-24(28-20-5-3-4-19(27)16(20)2)26(31)29(25(23)30)13-17-8-11-21-22(12-17)33-14-32-21/h3-12,28H,13-14H2,1-2H3. The maximum absolute atomic E-state index is 13.5. The number of nitrogens with zero attached hydrogens (tertiary/aromatic N) is 1. The van der Waals surface area contributed by atoms with Crippen molar-refractivity contribution in [3.05, 3.63) is 93.6 Å². The molecule has 3 aromatic rings. The zero-order valence-corrected chi connectivity index (χ0v) is 18.9. The van der Waals surface area contributed by atoms with Crippen molar-refractivity contribution < 1.29 is 19.1 Å². The number of amides is 2. The lowest BCUT2D eigenvalue weighted by Gasteiger charge is -2.16. The summed E-state index contributed by atoms with van der Waals surface area (Å²) in [5, 5.41) is 3.76. The SMILES string of the molecule is Cc1ccc(C2=C(Nc3cccc(Cl)c3C)C(=O)N(Cc3ccc4c(c3)OCO4)C2=O)cc1. The first kappa shape index (κ1) is 21.1. The molecular weight excluding hydrogens is 440 g/mol. The number of nitrogens with one attached hydrogen (secondary N) is 1. The van der Waals surface area contributed by atoms with Gasteiger partial charge in [-0.05, 0) is 54.8 Å². The first-order valence-electron chi connectivity index (χ1n) is 10.5. The maximum atomic E-state index is 13.5. The molecule has 0 radical (unpaired) electrons. The van der Waals surface area contributed by atoms with Crippen molar-refractivity contribution in [1.82, 2.24) is 4.90 Å². The van der Waals surface area contributed by atoms with Crippen LogP contribution in [0.2, 0.25) is 5.02 Å². The van der Waals surface area contributed by atoms with Crippen molar-refractivity contribution in [2.24, 2.45) is 0 Å². The molecule has 2 heterocycles. The van der Waals surface area contributed by atoms with Crippen LogP contribution in [0.25, 0.3) is 5.57 Å². The second-order valence-corrected chi connectivity index (χ2v) is 8.44. The molecule has 0 bridgehead atoms. The molecule has 2 amide bonds. The van der Waals surface area contributed by atoms with Crippen LogP contribution in [0, 0.1) is 13.8 Å². The Morgan fingerprint density at radius 2 is 1.70 bits per heavy atom. The number of carbonyl (C=O) groups is 2. The Balaban J connectivity index is 1.53. The molecule has 3 aromatic carbocycles. The van der Waals surface area contributed by atoms with Crippen molar-refractivity contribution in [2.75, 3.05) is 12.1 Å². The lowest BCUT2D eigenvalue weighted by Crippen LogP contribution is -2.32. The Kier molecular flexibility index (Phi) is 5.30. The highest BCUT2D eigenvalue weighted by molar-refractivity contribution is 6.36. The summed E-state index contributed by atoms with van der Waals surface area (Å²) in [6.07, 6.45) is 0. The predicted octanol–water partition coefficient (Wildman–Crippen LogP) is 5.08. The predicted molar refractivity (Wildman–Crippen MR) is 126 cm³/mol. The molecule has 7 heteroatoms. The average molecular weight is 461 g/mol. The number of anilines is 1. The minimum absolute atomic E-state index is 0.114. The number of fused-ring (bicyclic) bond motifs is 1. The fourth-order valence-corrected chi connectivity index (χ4v) is 4.10. The zero-order chi connectivity index (χ0) is 23.1. The van der Waals surface area contributed by atoms with Gasteiger partial charge in [0.1, 0.15) is 5.70 Å². The van der Waals surface area contributed by atoms with E-state index < -0.39 is 5.91 Å². The Morgan fingerprint density at radius 1 is 0.939 bits per heavy atom. The Hall–Kier alpha value is -3.77. The van der Waals surface area contributed by atoms with E-state index in [4.69, 9.17) is 21.1 Å². The second kappa shape index (κ2) is 8.30. The molecular formula is C26H21ClN2O4. The molecule has 5 rings (SSSR count). The molecule has 0 saturated carbocycles. The number of carbonyl (C=O) groups excluding carboxylic acids is 2. The minimum atomic E-state index is -0.396. The number of hydrogen-bond donors (Lipinski definition) is 1. The van der Waals surface area contributed by atoms with Crippen LogP contribution < -0.4 is 14.8 Å². The summed E-state index contributed by atoms with van der Waals surface area (Å²) in [5.41, 5.74) is 4.54. The molecule has 2 aliphatic heterocycles. The smallest absolute Gasteiger partial charge is 0.278 e. The van der Waals surface area contributed by atoms with E-state index in [1.54, 1.807) is 24.3 Å². The van der Waals surface area contributed by atoms with Crippen LogP contribution in [0.5, 0.6) is 11.5 Å². The molecule has 6 nitrogen and oxygen atoms in total. The highest BCUT2D eigenvalue weighted by Gasteiger charge is 2.39. The summed E-state index contributed by atoms with van der Waals surface area (Å²) in [6, 6.07) is 18.4. The molecule has 0 unspecified atom stereocenters. The van der Waals surface area contributed by atoms with Gasteiger partial charge in [-0.2, -0.15) is 0 Å². The summed E-state index contributed by atoms with van der Waals surface area (Å²) in [7, 11) is 0. The first-order valence-corrected chi connectivity index (χ1v) is 10.9. The molecule has 0 aromatic heterocycles. The van der Waals surface area contributed by atoms with Gasteiger partial charge in [0.05, 0.1) is 12.1 Å². The number of benzene rings is 3. The molecule has 166 valence electrons. The third-order valence-corrected chi connectivity index (χ3v) is 6.22. The van der Waals surface area contributed by atoms with Crippen molar-refractivity contribution in [2.45, 2.75) is 20.4 Å². The number of hydrogen-bond acceptors (Lipinski definition) is 5. The van der Waals surface area contributed by atoms with Gasteiger partial charge in [-0.3, -0.25) is 14.5 Å². The molecule has 0 spiro atoms. The molecule has 0 atom stereocenters. The zero-order valence-electron chi connectivity index (χ0n) is 18.1. The molecule has 0 saturated heterocycles. The summed E-state index contributed by atoms with van der Waals surface area (Å²) < 4.78 is 10.8. The van der Waals surface area contributed by atoms with Gasteiger partial charge in [0.25, 0.3) is 11.8 Å². The second-order valence-electron chi connectivity index (χ2n) is 8.04. The van der Waals surface area contributed by atoms with Crippen LogP contribution in [-0.2, 0) is 16.1 Å². The highest BCUT2D eigenvalue weighted by Crippen LogP contribution is 2.36. The summed E-state index contributed by atoms with van der Waals surface area (Å²) in [4.78, 5) is 28.3. The van der Waals surface area contributed by atoms with Gasteiger partial charge in [-0.25, -0.2) is 0 Å². The Labute approximate surface area is 196 Å². The highest BCUT2D eigenvalue weighted by atomic mass is 35.5. The van der Waals surface area contributed by atoms with Gasteiger partial charge >= 0.3 is 0 Å². The van der Waals surface area contributed by atoms with Gasteiger partial charge in [-0.1, -0.05) is 53.6 Å². The Morgan fingerprint density at radius 3 is 2.48 bits per heavy atom. The van der Waals surface area contributed by atoms with Gasteiger partial charge in [0, 0.05) is 10.7 Å². The number of rotatable bonds is 5. The van der Waals surface area contributed by atoms with E-state index in [1.165, 1.54) is 4.90 Å². The molecule has 0 aliphatic carbocycles. The van der Waals surface area contributed by atoms with E-state index in [0.29, 0.717) is 33.3 Å². The van der Waals surface area contributed by atoms with Crippen LogP contribution in [0.1, 0.15) is 22.3 Å². The van der Waals surface area contributed by atoms with Crippen molar-refractivity contribution in [1.29, 1.82) is 0 Å². The molecule has 33 heavy (non-hydrogen) atoms. The number of halogens is 1. The van der Waals surface area contributed by atoms with Gasteiger partial charge in [0.2, 0.25) is 6.79 Å². The average Bonchev–Trinajstić information content (AvgIpc) is 3.36. The fraction of sp³-hybridized carbons (Fsp3) is 0.154. The van der Waals surface area contributed by atoms with Gasteiger partial charge < -0.3 is 14.8 Å². The lowest BCUT2D eigenvalue weighted by atomic mass is 10.0. The monoisotopic (exact) mass is 460 g/mol. The van der Waals surface area contributed by atoms with Crippen LogP contribution in [-0.4, -0.2) is 23.5 Å². The van der Waals surface area contributed by atoms with Crippen LogP contribution in [0.15, 0.2) is 66.4 Å². The van der Waals surface area contributed by atoms with E-state index >= 15 is 0 Å². The van der Waals surface area contributed by atoms with E-state index in [2.05, 4.69) is 5.32 Å². The van der Waals surface area contributed by atoms with Crippen molar-refractivity contribution >= 4 is 34.7 Å². The molecule has 1 N–H and O–H groups in total. The largest absolute Gasteiger partial charge is 0.454 e. The van der Waals surface area contributed by atoms with E-state index in [1.807, 2.05) is 50.2 Å². The number of ether oxygens (including phenoxy) is 2. The summed E-state index contributed by atoms with van der Waals surface area (Å²) in [6.45, 7) is 4.11. The van der Waals surface area contributed by atoms with Crippen LogP contribution >= 0.6 is 11.6 Å². The van der Waals surface area contributed by atoms with Crippen LogP contribution in [0.4, 0.5) is 5.69 Å². The quantitative estimate of drug-likeness (QED) is 0.538. The topological polar surface area (TPSA) is 67.9 Å². The van der Waals surface area contributed by atoms with Crippen molar-refractivity contribution in [3.8, 4) is 11.5 Å². The fourth-order valence-electron chi connectivity index (χ4n) is 3.92. The third kappa shape index (κ3) is 3.83. The lowest BCUT2D eigenvalue weighted by molar-refractivity contribution is -0.137. The van der Waals surface area contributed by atoms with E-state index in [9.17, 15) is 9.59 Å². The number of aryl methyl sites for hydroxylation is 1. The molecule has 0 fully saturated rings. The van der Waals surface area contributed by atoms with E-state index in [-0.39, 0.29) is 24.9 Å². The van der Waals surface area contributed by atoms with Gasteiger partial charge in [-0.15, -0.1) is 0 Å². The third-order valence-electron chi connectivity index (χ3n) is 5.81. The molecule has 2 aliphatic rings. The number of imide groups is 1. The van der Waals surface area contributed by atoms with Crippen molar-refractivity contribution in [3.63, 3.8) is 0 Å². The summed E-state index contributed by atoms with van der Waals surface area (Å²) in [5.74, 6) is 0.498. The van der Waals surface area contributed by atoms with E-state index in [0.717, 1.165) is 16.7 Å². The maximum Gasteiger partial charge on any atom is 0.278 e.